The van der Waals surface area contributed by atoms with Gasteiger partial charge in [-0.3, -0.25) is 9.97 Å². The third-order valence-electron chi connectivity index (χ3n) is 3.29. The van der Waals surface area contributed by atoms with Crippen LogP contribution >= 0.6 is 11.3 Å². The van der Waals surface area contributed by atoms with Gasteiger partial charge in [0.15, 0.2) is 0 Å². The van der Waals surface area contributed by atoms with Crippen LogP contribution in [0.1, 0.15) is 0 Å². The van der Waals surface area contributed by atoms with E-state index in [1.165, 1.54) is 0 Å². The van der Waals surface area contributed by atoms with Crippen LogP contribution in [0.3, 0.4) is 0 Å². The molecule has 4 heteroatoms. The molecule has 4 rings (SSSR count). The second kappa shape index (κ2) is 5.07. The topological polar surface area (TPSA) is 38.7 Å². The summed E-state index contributed by atoms with van der Waals surface area (Å²) in [5, 5.41) is 1.02. The van der Waals surface area contributed by atoms with Crippen LogP contribution in [0.15, 0.2) is 67.3 Å². The summed E-state index contributed by atoms with van der Waals surface area (Å²) in [7, 11) is 0. The van der Waals surface area contributed by atoms with Gasteiger partial charge in [0, 0.05) is 29.7 Å². The van der Waals surface area contributed by atoms with Crippen molar-refractivity contribution in [1.82, 2.24) is 15.0 Å². The summed E-state index contributed by atoms with van der Waals surface area (Å²) in [5.41, 5.74) is 4.34. The normalized spacial score (nSPS) is 10.9. The Labute approximate surface area is 126 Å². The molecule has 0 aliphatic carbocycles. The van der Waals surface area contributed by atoms with Crippen LogP contribution < -0.4 is 0 Å². The van der Waals surface area contributed by atoms with Gasteiger partial charge in [0.2, 0.25) is 0 Å². The van der Waals surface area contributed by atoms with E-state index in [4.69, 9.17) is 0 Å². The maximum absolute atomic E-state index is 4.66. The molecule has 0 radical (unpaired) electrons. The summed E-state index contributed by atoms with van der Waals surface area (Å²) >= 11 is 1.69. The van der Waals surface area contributed by atoms with Crippen LogP contribution in [0.25, 0.3) is 31.9 Å². The number of thiazole rings is 1. The van der Waals surface area contributed by atoms with Gasteiger partial charge in [-0.1, -0.05) is 24.3 Å². The van der Waals surface area contributed by atoms with Gasteiger partial charge >= 0.3 is 0 Å². The first-order chi connectivity index (χ1) is 10.4. The molecule has 3 nitrogen and oxygen atoms in total. The monoisotopic (exact) mass is 289 g/mol. The van der Waals surface area contributed by atoms with Gasteiger partial charge in [0.25, 0.3) is 0 Å². The smallest absolute Gasteiger partial charge is 0.124 e. The number of hydrogen-bond acceptors (Lipinski definition) is 4. The lowest BCUT2D eigenvalue weighted by molar-refractivity contribution is 1.33. The minimum absolute atomic E-state index is 0.948. The van der Waals surface area contributed by atoms with Gasteiger partial charge in [-0.05, 0) is 23.8 Å². The third kappa shape index (κ3) is 2.30. The van der Waals surface area contributed by atoms with E-state index < -0.39 is 0 Å². The van der Waals surface area contributed by atoms with Crippen LogP contribution in [0.2, 0.25) is 0 Å². The highest BCUT2D eigenvalue weighted by atomic mass is 32.1. The first kappa shape index (κ1) is 12.2. The summed E-state index contributed by atoms with van der Waals surface area (Å²) in [5.74, 6) is 0. The summed E-state index contributed by atoms with van der Waals surface area (Å²) in [6.45, 7) is 0. The molecule has 1 aromatic carbocycles. The zero-order valence-corrected chi connectivity index (χ0v) is 11.9. The average molecular weight is 289 g/mol. The van der Waals surface area contributed by atoms with Crippen molar-refractivity contribution in [2.45, 2.75) is 0 Å². The van der Waals surface area contributed by atoms with E-state index >= 15 is 0 Å². The number of fused-ring (bicyclic) bond motifs is 1. The van der Waals surface area contributed by atoms with Gasteiger partial charge < -0.3 is 0 Å². The van der Waals surface area contributed by atoms with E-state index in [1.54, 1.807) is 29.9 Å². The third-order valence-corrected chi connectivity index (χ3v) is 4.38. The Morgan fingerprint density at radius 3 is 2.48 bits per heavy atom. The van der Waals surface area contributed by atoms with E-state index in [-0.39, 0.29) is 0 Å². The van der Waals surface area contributed by atoms with E-state index in [0.717, 1.165) is 31.9 Å². The molecule has 0 bridgehead atoms. The van der Waals surface area contributed by atoms with Crippen LogP contribution in [0, 0.1) is 0 Å². The Morgan fingerprint density at radius 1 is 0.762 bits per heavy atom. The molecule has 0 aliphatic heterocycles. The fraction of sp³-hybridized carbons (Fsp3) is 0. The molecular formula is C17H11N3S. The van der Waals surface area contributed by atoms with Crippen LogP contribution in [0.5, 0.6) is 0 Å². The molecule has 0 saturated carbocycles. The van der Waals surface area contributed by atoms with Gasteiger partial charge in [0.05, 0.1) is 10.9 Å². The predicted octanol–water partition coefficient (Wildman–Crippen LogP) is 4.42. The first-order valence-corrected chi connectivity index (χ1v) is 7.43. The fourth-order valence-corrected chi connectivity index (χ4v) is 3.20. The fourth-order valence-electron chi connectivity index (χ4n) is 2.27. The summed E-state index contributed by atoms with van der Waals surface area (Å²) < 4.78 is 1.16. The van der Waals surface area contributed by atoms with Crippen LogP contribution in [-0.2, 0) is 0 Å². The molecular weight excluding hydrogens is 278 g/mol. The van der Waals surface area contributed by atoms with Crippen molar-refractivity contribution in [3.8, 4) is 21.7 Å². The molecule has 0 unspecified atom stereocenters. The molecule has 0 fully saturated rings. The molecule has 0 atom stereocenters. The van der Waals surface area contributed by atoms with Crippen molar-refractivity contribution in [2.24, 2.45) is 0 Å². The van der Waals surface area contributed by atoms with E-state index in [0.29, 0.717) is 0 Å². The zero-order valence-electron chi connectivity index (χ0n) is 11.1. The van der Waals surface area contributed by atoms with Crippen LogP contribution in [-0.4, -0.2) is 15.0 Å². The largest absolute Gasteiger partial charge is 0.264 e. The van der Waals surface area contributed by atoms with Crippen molar-refractivity contribution >= 4 is 21.6 Å². The van der Waals surface area contributed by atoms with Crippen molar-refractivity contribution in [3.05, 3.63) is 67.3 Å². The number of pyridine rings is 2. The number of benzene rings is 1. The van der Waals surface area contributed by atoms with E-state index in [1.807, 2.05) is 18.3 Å². The second-order valence-corrected chi connectivity index (χ2v) is 5.72. The molecule has 4 aromatic rings. The molecule has 0 saturated heterocycles. The molecule has 100 valence electrons. The minimum Gasteiger partial charge on any atom is -0.264 e. The highest BCUT2D eigenvalue weighted by molar-refractivity contribution is 7.21. The van der Waals surface area contributed by atoms with Gasteiger partial charge in [-0.25, -0.2) is 4.98 Å². The van der Waals surface area contributed by atoms with Crippen molar-refractivity contribution in [3.63, 3.8) is 0 Å². The molecule has 3 aromatic heterocycles. The summed E-state index contributed by atoms with van der Waals surface area (Å²) in [6, 6.07) is 14.4. The molecule has 0 spiro atoms. The number of aromatic nitrogens is 3. The molecule has 0 N–H and O–H groups in total. The Bertz CT molecular complexity index is 867. The van der Waals surface area contributed by atoms with E-state index in [9.17, 15) is 0 Å². The number of rotatable bonds is 2. The van der Waals surface area contributed by atoms with Crippen LogP contribution in [0.4, 0.5) is 0 Å². The summed E-state index contributed by atoms with van der Waals surface area (Å²) in [6.07, 6.45) is 7.27. The molecule has 21 heavy (non-hydrogen) atoms. The number of hydrogen-bond donors (Lipinski definition) is 0. The highest BCUT2D eigenvalue weighted by Crippen LogP contribution is 2.31. The van der Waals surface area contributed by atoms with Gasteiger partial charge in [-0.2, -0.15) is 0 Å². The maximum Gasteiger partial charge on any atom is 0.124 e. The highest BCUT2D eigenvalue weighted by Gasteiger charge is 2.07. The minimum atomic E-state index is 0.948. The lowest BCUT2D eigenvalue weighted by Crippen LogP contribution is -1.81. The lowest BCUT2D eigenvalue weighted by Gasteiger charge is -2.02. The Balaban J connectivity index is 1.82. The molecule has 3 heterocycles. The predicted molar refractivity (Wildman–Crippen MR) is 86.1 cm³/mol. The van der Waals surface area contributed by atoms with Gasteiger partial charge in [-0.15, -0.1) is 11.3 Å². The maximum atomic E-state index is 4.66. The van der Waals surface area contributed by atoms with Gasteiger partial charge in [0.1, 0.15) is 10.5 Å². The average Bonchev–Trinajstić information content (AvgIpc) is 3.00. The Morgan fingerprint density at radius 2 is 1.62 bits per heavy atom. The first-order valence-electron chi connectivity index (χ1n) is 6.61. The molecule has 0 aliphatic rings. The van der Waals surface area contributed by atoms with E-state index in [2.05, 4.69) is 45.3 Å². The number of nitrogens with zero attached hydrogens (tertiary/aromatic N) is 3. The zero-order chi connectivity index (χ0) is 14.1. The van der Waals surface area contributed by atoms with Crippen molar-refractivity contribution < 1.29 is 0 Å². The quantitative estimate of drug-likeness (QED) is 0.548. The van der Waals surface area contributed by atoms with Crippen molar-refractivity contribution in [2.75, 3.05) is 0 Å². The lowest BCUT2D eigenvalue weighted by atomic mass is 10.1. The second-order valence-electron chi connectivity index (χ2n) is 4.68. The van der Waals surface area contributed by atoms with Crippen molar-refractivity contribution in [1.29, 1.82) is 0 Å². The summed E-state index contributed by atoms with van der Waals surface area (Å²) in [4.78, 5) is 13.0. The molecule has 0 amide bonds. The Hall–Kier alpha value is -2.59. The standard InChI is InChI=1S/C17H11N3S/c1-3-12(14-5-2-7-18-10-14)9-13(4-1)17-20-15-11-19-8-6-16(15)21-17/h1-11H. The SMILES string of the molecule is c1cncc(-c2cccc(-c3nc4cnccc4s3)c2)c1. The Kier molecular flexibility index (Phi) is 2.94.